The van der Waals surface area contributed by atoms with Gasteiger partial charge in [-0.25, -0.2) is 4.90 Å². The lowest BCUT2D eigenvalue weighted by Crippen LogP contribution is -2.33. The summed E-state index contributed by atoms with van der Waals surface area (Å²) in [6.45, 7) is -0.271. The molecule has 0 aliphatic carbocycles. The number of thiazole rings is 1. The van der Waals surface area contributed by atoms with Crippen molar-refractivity contribution < 1.29 is 14.4 Å². The van der Waals surface area contributed by atoms with E-state index in [0.29, 0.717) is 31.9 Å². The SMILES string of the molecule is O=C(Cn1c2c(sc1=O)[C@@H](c1cccc(Cl)c1Cl)[C@@H]1C(=O)N(c3ccc(Br)cc3)C(=O)[C@@H]1S2)Nc1cccc2ccccc12. The number of aromatic nitrogens is 1. The number of hydrogen-bond acceptors (Lipinski definition) is 6. The second-order valence-corrected chi connectivity index (χ2v) is 14.2. The minimum absolute atomic E-state index is 0.249. The molecule has 4 aromatic carbocycles. The number of nitrogens with zero attached hydrogens (tertiary/aromatic N) is 2. The molecule has 0 bridgehead atoms. The molecule has 3 atom stereocenters. The van der Waals surface area contributed by atoms with Crippen molar-refractivity contribution in [3.8, 4) is 0 Å². The van der Waals surface area contributed by atoms with E-state index in [-0.39, 0.29) is 22.3 Å². The fourth-order valence-corrected chi connectivity index (χ4v) is 9.32. The van der Waals surface area contributed by atoms with Crippen LogP contribution in [0, 0.1) is 5.92 Å². The van der Waals surface area contributed by atoms with E-state index in [0.717, 1.165) is 38.3 Å². The van der Waals surface area contributed by atoms with Crippen LogP contribution < -0.4 is 15.1 Å². The number of hydrogen-bond donors (Lipinski definition) is 1. The van der Waals surface area contributed by atoms with Gasteiger partial charge in [0, 0.05) is 26.3 Å². The molecule has 1 N–H and O–H groups in total. The third-order valence-corrected chi connectivity index (χ3v) is 11.8. The van der Waals surface area contributed by atoms with E-state index in [1.807, 2.05) is 42.5 Å². The van der Waals surface area contributed by atoms with E-state index in [9.17, 15) is 19.2 Å². The molecule has 3 amide bonds. The number of imide groups is 1. The summed E-state index contributed by atoms with van der Waals surface area (Å²) in [5.74, 6) is -2.74. The molecular weight excluding hydrogens is 705 g/mol. The molecule has 3 heterocycles. The molecule has 1 saturated heterocycles. The number of amides is 3. The molecule has 44 heavy (non-hydrogen) atoms. The number of fused-ring (bicyclic) bond motifs is 3. The Labute approximate surface area is 277 Å². The van der Waals surface area contributed by atoms with E-state index in [1.54, 1.807) is 42.5 Å². The van der Waals surface area contributed by atoms with Crippen molar-refractivity contribution in [2.45, 2.75) is 22.7 Å². The van der Waals surface area contributed by atoms with Gasteiger partial charge in [0.05, 0.1) is 26.7 Å². The Morgan fingerprint density at radius 3 is 2.41 bits per heavy atom. The van der Waals surface area contributed by atoms with Crippen LogP contribution in [0.4, 0.5) is 11.4 Å². The van der Waals surface area contributed by atoms with E-state index in [1.165, 1.54) is 9.47 Å². The summed E-state index contributed by atoms with van der Waals surface area (Å²) in [5.41, 5.74) is 1.62. The first kappa shape index (κ1) is 29.3. The average Bonchev–Trinajstić information content (AvgIpc) is 3.45. The number of carbonyl (C=O) groups excluding carboxylic acids is 3. The highest BCUT2D eigenvalue weighted by molar-refractivity contribution is 9.10. The van der Waals surface area contributed by atoms with Gasteiger partial charge < -0.3 is 5.32 Å². The van der Waals surface area contributed by atoms with Crippen molar-refractivity contribution in [3.05, 3.63) is 120 Å². The molecule has 12 heteroatoms. The molecule has 7 nitrogen and oxygen atoms in total. The van der Waals surface area contributed by atoms with Crippen LogP contribution in [0.1, 0.15) is 16.4 Å². The maximum absolute atomic E-state index is 14.1. The maximum Gasteiger partial charge on any atom is 0.308 e. The minimum Gasteiger partial charge on any atom is -0.324 e. The maximum atomic E-state index is 14.1. The van der Waals surface area contributed by atoms with Gasteiger partial charge in [-0.3, -0.25) is 23.7 Å². The third kappa shape index (κ3) is 4.89. The molecule has 1 aromatic heterocycles. The average molecular weight is 725 g/mol. The Morgan fingerprint density at radius 1 is 0.886 bits per heavy atom. The first-order chi connectivity index (χ1) is 21.2. The van der Waals surface area contributed by atoms with Crippen LogP contribution in [0.2, 0.25) is 10.0 Å². The quantitative estimate of drug-likeness (QED) is 0.189. The second-order valence-electron chi connectivity index (χ2n) is 10.4. The standard InChI is InChI=1S/C32H20BrCl2N3O4S2/c33-17-11-13-18(14-12-17)38-29(40)25-24(20-8-4-9-21(34)26(20)35)28-31(43-27(25)30(38)41)37(32(42)44-28)15-23(39)36-22-10-3-6-16-5-1-2-7-19(16)22/h1-14,24-25,27H,15H2,(H,36,39)/t24-,25-,27+/m0/s1. The number of rotatable bonds is 5. The van der Waals surface area contributed by atoms with Gasteiger partial charge in [-0.05, 0) is 47.3 Å². The van der Waals surface area contributed by atoms with Crippen molar-refractivity contribution in [2.24, 2.45) is 5.92 Å². The van der Waals surface area contributed by atoms with Gasteiger partial charge in [0.2, 0.25) is 17.7 Å². The zero-order valence-corrected chi connectivity index (χ0v) is 27.2. The summed E-state index contributed by atoms with van der Waals surface area (Å²) < 4.78 is 2.19. The lowest BCUT2D eigenvalue weighted by molar-refractivity contribution is -0.122. The number of carbonyl (C=O) groups is 3. The highest BCUT2D eigenvalue weighted by Crippen LogP contribution is 2.55. The van der Waals surface area contributed by atoms with Crippen LogP contribution in [0.25, 0.3) is 10.8 Å². The molecule has 2 aliphatic heterocycles. The van der Waals surface area contributed by atoms with Crippen molar-refractivity contribution in [1.82, 2.24) is 4.57 Å². The Bertz CT molecular complexity index is 2060. The smallest absolute Gasteiger partial charge is 0.308 e. The topological polar surface area (TPSA) is 88.5 Å². The summed E-state index contributed by atoms with van der Waals surface area (Å²) in [7, 11) is 0. The lowest BCUT2D eigenvalue weighted by atomic mass is 9.83. The molecule has 220 valence electrons. The van der Waals surface area contributed by atoms with Crippen LogP contribution in [0.3, 0.4) is 0 Å². The van der Waals surface area contributed by atoms with E-state index in [2.05, 4.69) is 21.2 Å². The summed E-state index contributed by atoms with van der Waals surface area (Å²) in [4.78, 5) is 56.2. The van der Waals surface area contributed by atoms with Crippen molar-refractivity contribution in [3.63, 3.8) is 0 Å². The van der Waals surface area contributed by atoms with Gasteiger partial charge in [0.15, 0.2) is 0 Å². The highest BCUT2D eigenvalue weighted by Gasteiger charge is 2.57. The largest absolute Gasteiger partial charge is 0.324 e. The molecule has 1 fully saturated rings. The van der Waals surface area contributed by atoms with Crippen LogP contribution in [-0.2, 0) is 20.9 Å². The van der Waals surface area contributed by atoms with E-state index in [4.69, 9.17) is 23.2 Å². The number of thioether (sulfide) groups is 1. The van der Waals surface area contributed by atoms with Gasteiger partial charge in [-0.15, -0.1) is 0 Å². The van der Waals surface area contributed by atoms with Crippen molar-refractivity contribution >= 4 is 102 Å². The molecule has 5 aromatic rings. The Balaban J connectivity index is 1.30. The van der Waals surface area contributed by atoms with Crippen LogP contribution in [0.5, 0.6) is 0 Å². The van der Waals surface area contributed by atoms with Crippen LogP contribution in [0.15, 0.2) is 99.2 Å². The Kier molecular flexibility index (Phi) is 7.66. The second kappa shape index (κ2) is 11.5. The van der Waals surface area contributed by atoms with Gasteiger partial charge in [-0.2, -0.15) is 0 Å². The summed E-state index contributed by atoms with van der Waals surface area (Å²) in [6.07, 6.45) is 0. The predicted molar refractivity (Wildman–Crippen MR) is 179 cm³/mol. The summed E-state index contributed by atoms with van der Waals surface area (Å²) >= 11 is 18.6. The Hall–Kier alpha value is -3.41. The molecule has 2 aliphatic rings. The number of benzene rings is 4. The number of anilines is 2. The minimum atomic E-state index is -0.847. The van der Waals surface area contributed by atoms with E-state index >= 15 is 0 Å². The molecule has 0 radical (unpaired) electrons. The fourth-order valence-electron chi connectivity index (χ4n) is 5.86. The fraction of sp³-hybridized carbons (Fsp3) is 0.125. The van der Waals surface area contributed by atoms with E-state index < -0.39 is 28.9 Å². The molecule has 0 spiro atoms. The first-order valence-corrected chi connectivity index (χ1v) is 16.7. The third-order valence-electron chi connectivity index (χ3n) is 7.82. The number of nitrogens with one attached hydrogen (secondary N) is 1. The zero-order valence-electron chi connectivity index (χ0n) is 22.5. The lowest BCUT2D eigenvalue weighted by Gasteiger charge is -2.31. The van der Waals surface area contributed by atoms with Gasteiger partial charge in [-0.1, -0.05) is 111 Å². The van der Waals surface area contributed by atoms with Gasteiger partial charge in [0.1, 0.15) is 11.8 Å². The van der Waals surface area contributed by atoms with Crippen LogP contribution in [-0.4, -0.2) is 27.5 Å². The molecule has 0 saturated carbocycles. The van der Waals surface area contributed by atoms with Crippen molar-refractivity contribution in [2.75, 3.05) is 10.2 Å². The first-order valence-electron chi connectivity index (χ1n) is 13.5. The van der Waals surface area contributed by atoms with Gasteiger partial charge in [0.25, 0.3) is 0 Å². The van der Waals surface area contributed by atoms with Crippen molar-refractivity contribution in [1.29, 1.82) is 0 Å². The number of halogens is 3. The summed E-state index contributed by atoms with van der Waals surface area (Å²) in [5, 5.41) is 4.95. The Morgan fingerprint density at radius 2 is 1.61 bits per heavy atom. The summed E-state index contributed by atoms with van der Waals surface area (Å²) in [6, 6.07) is 25.4. The molecule has 7 rings (SSSR count). The normalized spacial score (nSPS) is 19.2. The molecular formula is C32H20BrCl2N3O4S2. The predicted octanol–water partition coefficient (Wildman–Crippen LogP) is 7.57. The van der Waals surface area contributed by atoms with Gasteiger partial charge >= 0.3 is 4.87 Å². The van der Waals surface area contributed by atoms with Crippen LogP contribution >= 0.6 is 62.2 Å². The monoisotopic (exact) mass is 723 g/mol. The molecule has 0 unspecified atom stereocenters. The zero-order chi connectivity index (χ0) is 30.7. The highest BCUT2D eigenvalue weighted by atomic mass is 79.9.